The molecule has 3 nitrogen and oxygen atoms in total. The van der Waals surface area contributed by atoms with Crippen LogP contribution in [0.5, 0.6) is 0 Å². The van der Waals surface area contributed by atoms with Crippen molar-refractivity contribution in [2.75, 3.05) is 12.9 Å². The van der Waals surface area contributed by atoms with E-state index >= 15 is 0 Å². The van der Waals surface area contributed by atoms with Crippen LogP contribution >= 0.6 is 0 Å². The van der Waals surface area contributed by atoms with Crippen molar-refractivity contribution in [3.05, 3.63) is 35.9 Å². The van der Waals surface area contributed by atoms with Crippen LogP contribution in [0, 0.1) is 5.92 Å². The molecule has 1 saturated carbocycles. The van der Waals surface area contributed by atoms with Gasteiger partial charge in [-0.3, -0.25) is 0 Å². The average Bonchev–Trinajstić information content (AvgIpc) is 2.45. The maximum absolute atomic E-state index is 11.6. The van der Waals surface area contributed by atoms with Crippen LogP contribution in [0.25, 0.3) is 5.57 Å². The Balaban J connectivity index is 2.29. The third-order valence-electron chi connectivity index (χ3n) is 3.89. The quantitative estimate of drug-likeness (QED) is 0.928. The number of sulfone groups is 1. The van der Waals surface area contributed by atoms with Crippen molar-refractivity contribution >= 4 is 15.4 Å². The molecular weight excluding hydrogens is 272 g/mol. The number of hydrogen-bond donors (Lipinski definition) is 1. The van der Waals surface area contributed by atoms with E-state index in [0.717, 1.165) is 24.0 Å². The van der Waals surface area contributed by atoms with E-state index in [1.165, 1.54) is 25.5 Å². The van der Waals surface area contributed by atoms with Gasteiger partial charge in [0.05, 0.1) is 11.5 Å². The van der Waals surface area contributed by atoms with Crippen LogP contribution in [0.15, 0.2) is 35.2 Å². The first-order chi connectivity index (χ1) is 9.50. The molecule has 0 bridgehead atoms. The summed E-state index contributed by atoms with van der Waals surface area (Å²) in [7, 11) is -3.21. The topological polar surface area (TPSA) is 54.4 Å². The van der Waals surface area contributed by atoms with Crippen molar-refractivity contribution in [2.45, 2.75) is 37.0 Å². The Morgan fingerprint density at radius 3 is 2.60 bits per heavy atom. The molecule has 0 radical (unpaired) electrons. The van der Waals surface area contributed by atoms with E-state index in [4.69, 9.17) is 0 Å². The van der Waals surface area contributed by atoms with Gasteiger partial charge >= 0.3 is 0 Å². The fourth-order valence-electron chi connectivity index (χ4n) is 2.75. The van der Waals surface area contributed by atoms with Crippen LogP contribution in [-0.4, -0.2) is 26.4 Å². The minimum Gasteiger partial charge on any atom is -0.392 e. The molecule has 1 aromatic rings. The minimum atomic E-state index is -3.21. The smallest absolute Gasteiger partial charge is 0.175 e. The molecule has 0 amide bonds. The van der Waals surface area contributed by atoms with Crippen molar-refractivity contribution in [1.82, 2.24) is 0 Å². The third kappa shape index (κ3) is 3.93. The predicted octanol–water partition coefficient (Wildman–Crippen LogP) is 3.05. The zero-order valence-electron chi connectivity index (χ0n) is 11.9. The highest BCUT2D eigenvalue weighted by Crippen LogP contribution is 2.28. The lowest BCUT2D eigenvalue weighted by molar-refractivity contribution is 0.347. The molecule has 1 fully saturated rings. The summed E-state index contributed by atoms with van der Waals surface area (Å²) < 4.78 is 23.2. The summed E-state index contributed by atoms with van der Waals surface area (Å²) in [6, 6.07) is 6.84. The van der Waals surface area contributed by atoms with Crippen molar-refractivity contribution < 1.29 is 13.5 Å². The Bertz CT molecular complexity index is 581. The minimum absolute atomic E-state index is 0.0519. The molecule has 1 N–H and O–H groups in total. The zero-order chi connectivity index (χ0) is 14.6. The van der Waals surface area contributed by atoms with Crippen molar-refractivity contribution in [3.8, 4) is 0 Å². The van der Waals surface area contributed by atoms with Gasteiger partial charge in [-0.1, -0.05) is 37.5 Å². The fourth-order valence-corrected chi connectivity index (χ4v) is 3.42. The van der Waals surface area contributed by atoms with Crippen LogP contribution in [0.3, 0.4) is 0 Å². The van der Waals surface area contributed by atoms with Gasteiger partial charge < -0.3 is 5.11 Å². The maximum Gasteiger partial charge on any atom is 0.175 e. The van der Waals surface area contributed by atoms with Crippen LogP contribution < -0.4 is 0 Å². The van der Waals surface area contributed by atoms with Crippen LogP contribution in [0.1, 0.15) is 37.7 Å². The standard InChI is InChI=1S/C16H22O3S/c1-20(18,19)16-9-5-8-14(11-16)15(12-17)10-13-6-3-2-4-7-13/h5,8-11,13,17H,2-4,6-7,12H2,1H3/b15-10-. The molecule has 1 aliphatic carbocycles. The first-order valence-corrected chi connectivity index (χ1v) is 9.02. The highest BCUT2D eigenvalue weighted by atomic mass is 32.2. The van der Waals surface area contributed by atoms with Crippen molar-refractivity contribution in [3.63, 3.8) is 0 Å². The molecule has 1 aliphatic rings. The summed E-state index contributed by atoms with van der Waals surface area (Å²) in [4.78, 5) is 0.304. The van der Waals surface area contributed by atoms with Gasteiger partial charge in [-0.2, -0.15) is 0 Å². The third-order valence-corrected chi connectivity index (χ3v) is 5.00. The molecule has 4 heteroatoms. The first kappa shape index (κ1) is 15.3. The lowest BCUT2D eigenvalue weighted by Crippen LogP contribution is -2.05. The molecule has 0 unspecified atom stereocenters. The summed E-state index contributed by atoms with van der Waals surface area (Å²) in [5.74, 6) is 0.507. The molecule has 0 atom stereocenters. The van der Waals surface area contributed by atoms with Gasteiger partial charge in [0, 0.05) is 6.26 Å². The summed E-state index contributed by atoms with van der Waals surface area (Å²) in [6.45, 7) is -0.0519. The number of allylic oxidation sites excluding steroid dienone is 1. The van der Waals surface area contributed by atoms with E-state index < -0.39 is 9.84 Å². The molecule has 20 heavy (non-hydrogen) atoms. The first-order valence-electron chi connectivity index (χ1n) is 7.13. The average molecular weight is 294 g/mol. The molecule has 0 spiro atoms. The Morgan fingerprint density at radius 2 is 2.00 bits per heavy atom. The maximum atomic E-state index is 11.6. The Kier molecular flexibility index (Phi) is 5.00. The van der Waals surface area contributed by atoms with Gasteiger partial charge in [-0.25, -0.2) is 8.42 Å². The van der Waals surface area contributed by atoms with E-state index in [0.29, 0.717) is 10.8 Å². The van der Waals surface area contributed by atoms with Gasteiger partial charge in [-0.15, -0.1) is 0 Å². The Morgan fingerprint density at radius 1 is 1.30 bits per heavy atom. The molecule has 0 aliphatic heterocycles. The number of aliphatic hydroxyl groups excluding tert-OH is 1. The molecule has 0 aromatic heterocycles. The van der Waals surface area contributed by atoms with E-state index in [2.05, 4.69) is 6.08 Å². The van der Waals surface area contributed by atoms with Gasteiger partial charge in [-0.05, 0) is 42.0 Å². The second-order valence-electron chi connectivity index (χ2n) is 5.55. The number of hydrogen-bond acceptors (Lipinski definition) is 3. The SMILES string of the molecule is CS(=O)(=O)c1cccc(/C(=C\C2CCCCC2)CO)c1. The van der Waals surface area contributed by atoms with Crippen LogP contribution in [-0.2, 0) is 9.84 Å². The highest BCUT2D eigenvalue weighted by Gasteiger charge is 2.14. The van der Waals surface area contributed by atoms with Crippen molar-refractivity contribution in [2.24, 2.45) is 5.92 Å². The molecule has 1 aromatic carbocycles. The number of benzene rings is 1. The molecule has 0 saturated heterocycles. The Hall–Kier alpha value is -1.13. The van der Waals surface area contributed by atoms with Gasteiger partial charge in [0.2, 0.25) is 0 Å². The molecule has 110 valence electrons. The lowest BCUT2D eigenvalue weighted by atomic mass is 9.87. The summed E-state index contributed by atoms with van der Waals surface area (Å²) in [6.07, 6.45) is 9.43. The zero-order valence-corrected chi connectivity index (χ0v) is 12.7. The van der Waals surface area contributed by atoms with Crippen LogP contribution in [0.4, 0.5) is 0 Å². The van der Waals surface area contributed by atoms with Gasteiger partial charge in [0.25, 0.3) is 0 Å². The van der Waals surface area contributed by atoms with E-state index in [1.807, 2.05) is 6.07 Å². The highest BCUT2D eigenvalue weighted by molar-refractivity contribution is 7.90. The van der Waals surface area contributed by atoms with Crippen LogP contribution in [0.2, 0.25) is 0 Å². The normalized spacial score (nSPS) is 18.2. The van der Waals surface area contributed by atoms with Crippen molar-refractivity contribution in [1.29, 1.82) is 0 Å². The van der Waals surface area contributed by atoms with E-state index in [-0.39, 0.29) is 6.61 Å². The second-order valence-corrected chi connectivity index (χ2v) is 7.56. The number of rotatable bonds is 4. The largest absolute Gasteiger partial charge is 0.392 e. The lowest BCUT2D eigenvalue weighted by Gasteiger charge is -2.19. The molecule has 0 heterocycles. The molecular formula is C16H22O3S. The predicted molar refractivity (Wildman–Crippen MR) is 81.2 cm³/mol. The summed E-state index contributed by atoms with van der Waals surface area (Å²) >= 11 is 0. The summed E-state index contributed by atoms with van der Waals surface area (Å²) in [5.41, 5.74) is 1.64. The van der Waals surface area contributed by atoms with E-state index in [9.17, 15) is 13.5 Å². The monoisotopic (exact) mass is 294 g/mol. The molecule has 2 rings (SSSR count). The fraction of sp³-hybridized carbons (Fsp3) is 0.500. The van der Waals surface area contributed by atoms with E-state index in [1.54, 1.807) is 18.2 Å². The van der Waals surface area contributed by atoms with Gasteiger partial charge in [0.1, 0.15) is 0 Å². The number of aliphatic hydroxyl groups is 1. The summed E-state index contributed by atoms with van der Waals surface area (Å²) in [5, 5.41) is 9.59. The van der Waals surface area contributed by atoms with Gasteiger partial charge in [0.15, 0.2) is 9.84 Å². The second kappa shape index (κ2) is 6.55. The Labute approximate surface area is 121 Å².